The number of nitrogens with one attached hydrogen (secondary N) is 1. The van der Waals surface area contributed by atoms with Gasteiger partial charge in [0.05, 0.1) is 16.8 Å². The third-order valence-corrected chi connectivity index (χ3v) is 4.31. The van der Waals surface area contributed by atoms with Crippen LogP contribution in [0.2, 0.25) is 0 Å². The SMILES string of the molecule is CN(C)C(=O)COc1ccc(S(=O)(=O)Nc2cccnc2)cc1. The summed E-state index contributed by atoms with van der Waals surface area (Å²) < 4.78 is 32.2. The normalized spacial score (nSPS) is 10.9. The molecule has 2 aromatic rings. The first-order chi connectivity index (χ1) is 10.9. The van der Waals surface area contributed by atoms with E-state index in [2.05, 4.69) is 9.71 Å². The number of ether oxygens (including phenoxy) is 1. The van der Waals surface area contributed by atoms with Gasteiger partial charge in [-0.25, -0.2) is 8.42 Å². The van der Waals surface area contributed by atoms with Gasteiger partial charge < -0.3 is 9.64 Å². The second-order valence-electron chi connectivity index (χ2n) is 4.90. The fourth-order valence-corrected chi connectivity index (χ4v) is 2.67. The van der Waals surface area contributed by atoms with Crippen molar-refractivity contribution in [2.24, 2.45) is 0 Å². The molecule has 1 aromatic heterocycles. The number of rotatable bonds is 6. The van der Waals surface area contributed by atoms with Crippen LogP contribution in [-0.2, 0) is 14.8 Å². The number of amides is 1. The largest absolute Gasteiger partial charge is 0.484 e. The first-order valence-electron chi connectivity index (χ1n) is 6.74. The molecular weight excluding hydrogens is 318 g/mol. The lowest BCUT2D eigenvalue weighted by Crippen LogP contribution is -2.27. The highest BCUT2D eigenvalue weighted by atomic mass is 32.2. The van der Waals surface area contributed by atoms with Gasteiger partial charge in [0, 0.05) is 20.3 Å². The molecule has 1 amide bonds. The lowest BCUT2D eigenvalue weighted by molar-refractivity contribution is -0.130. The molecular formula is C15H17N3O4S. The summed E-state index contributed by atoms with van der Waals surface area (Å²) in [5.74, 6) is 0.237. The Morgan fingerprint density at radius 2 is 1.91 bits per heavy atom. The molecule has 23 heavy (non-hydrogen) atoms. The van der Waals surface area contributed by atoms with Gasteiger partial charge in [0.1, 0.15) is 5.75 Å². The van der Waals surface area contributed by atoms with Crippen LogP contribution in [0.15, 0.2) is 53.7 Å². The molecule has 8 heteroatoms. The van der Waals surface area contributed by atoms with Gasteiger partial charge in [-0.15, -0.1) is 0 Å². The minimum absolute atomic E-state index is 0.0904. The molecule has 1 aromatic carbocycles. The summed E-state index contributed by atoms with van der Waals surface area (Å²) in [6.07, 6.45) is 2.97. The number of likely N-dealkylation sites (N-methyl/N-ethyl adjacent to an activating group) is 1. The Labute approximate surface area is 135 Å². The molecule has 1 heterocycles. The van der Waals surface area contributed by atoms with Crippen molar-refractivity contribution in [1.82, 2.24) is 9.88 Å². The average Bonchev–Trinajstić information content (AvgIpc) is 2.53. The third kappa shape index (κ3) is 4.68. The van der Waals surface area contributed by atoms with Crippen molar-refractivity contribution in [2.75, 3.05) is 25.4 Å². The second-order valence-corrected chi connectivity index (χ2v) is 6.58. The van der Waals surface area contributed by atoms with Crippen molar-refractivity contribution < 1.29 is 17.9 Å². The zero-order valence-electron chi connectivity index (χ0n) is 12.8. The molecule has 0 aliphatic heterocycles. The van der Waals surface area contributed by atoms with Crippen LogP contribution in [0, 0.1) is 0 Å². The zero-order chi connectivity index (χ0) is 16.9. The summed E-state index contributed by atoms with van der Waals surface area (Å²) in [5.41, 5.74) is 0.379. The third-order valence-electron chi connectivity index (χ3n) is 2.91. The van der Waals surface area contributed by atoms with E-state index in [9.17, 15) is 13.2 Å². The predicted octanol–water partition coefficient (Wildman–Crippen LogP) is 1.35. The molecule has 0 saturated heterocycles. The van der Waals surface area contributed by atoms with Crippen LogP contribution in [0.25, 0.3) is 0 Å². The topological polar surface area (TPSA) is 88.6 Å². The van der Waals surface area contributed by atoms with E-state index in [0.717, 1.165) is 0 Å². The molecule has 0 aliphatic rings. The highest BCUT2D eigenvalue weighted by molar-refractivity contribution is 7.92. The summed E-state index contributed by atoms with van der Waals surface area (Å²) in [4.78, 5) is 16.8. The van der Waals surface area contributed by atoms with Gasteiger partial charge in [-0.2, -0.15) is 0 Å². The lowest BCUT2D eigenvalue weighted by Gasteiger charge is -2.12. The summed E-state index contributed by atoms with van der Waals surface area (Å²) >= 11 is 0. The van der Waals surface area contributed by atoms with Crippen molar-refractivity contribution in [3.63, 3.8) is 0 Å². The highest BCUT2D eigenvalue weighted by Gasteiger charge is 2.14. The Morgan fingerprint density at radius 1 is 1.22 bits per heavy atom. The van der Waals surface area contributed by atoms with Gasteiger partial charge in [-0.3, -0.25) is 14.5 Å². The maximum absolute atomic E-state index is 12.2. The van der Waals surface area contributed by atoms with E-state index >= 15 is 0 Å². The Hall–Kier alpha value is -2.61. The van der Waals surface area contributed by atoms with Crippen LogP contribution < -0.4 is 9.46 Å². The Kier molecular flexibility index (Phi) is 5.17. The number of nitrogens with zero attached hydrogens (tertiary/aromatic N) is 2. The van der Waals surface area contributed by atoms with Crippen LogP contribution in [0.3, 0.4) is 0 Å². The van der Waals surface area contributed by atoms with E-state index in [1.807, 2.05) is 0 Å². The lowest BCUT2D eigenvalue weighted by atomic mass is 10.3. The Morgan fingerprint density at radius 3 is 2.48 bits per heavy atom. The number of carbonyl (C=O) groups is 1. The van der Waals surface area contributed by atoms with Crippen molar-refractivity contribution in [3.05, 3.63) is 48.8 Å². The van der Waals surface area contributed by atoms with E-state index in [4.69, 9.17) is 4.74 Å². The summed E-state index contributed by atoms with van der Waals surface area (Å²) in [5, 5.41) is 0. The van der Waals surface area contributed by atoms with Crippen molar-refractivity contribution in [1.29, 1.82) is 0 Å². The molecule has 0 saturated carbocycles. The zero-order valence-corrected chi connectivity index (χ0v) is 13.6. The number of hydrogen-bond donors (Lipinski definition) is 1. The molecule has 0 bridgehead atoms. The fraction of sp³-hybridized carbons (Fsp3) is 0.200. The molecule has 7 nitrogen and oxygen atoms in total. The molecule has 1 N–H and O–H groups in total. The Balaban J connectivity index is 2.05. The molecule has 0 fully saturated rings. The van der Waals surface area contributed by atoms with Gasteiger partial charge in [-0.1, -0.05) is 0 Å². The van der Waals surface area contributed by atoms with E-state index in [1.54, 1.807) is 32.4 Å². The highest BCUT2D eigenvalue weighted by Crippen LogP contribution is 2.18. The minimum atomic E-state index is -3.70. The fourth-order valence-electron chi connectivity index (χ4n) is 1.63. The smallest absolute Gasteiger partial charge is 0.261 e. The van der Waals surface area contributed by atoms with Crippen LogP contribution in [0.4, 0.5) is 5.69 Å². The van der Waals surface area contributed by atoms with Crippen LogP contribution in [0.1, 0.15) is 0 Å². The van der Waals surface area contributed by atoms with Crippen molar-refractivity contribution in [2.45, 2.75) is 4.90 Å². The van der Waals surface area contributed by atoms with E-state index < -0.39 is 10.0 Å². The van der Waals surface area contributed by atoms with Gasteiger partial charge >= 0.3 is 0 Å². The number of pyridine rings is 1. The maximum Gasteiger partial charge on any atom is 0.261 e. The van der Waals surface area contributed by atoms with Gasteiger partial charge in [0.25, 0.3) is 15.9 Å². The molecule has 122 valence electrons. The minimum Gasteiger partial charge on any atom is -0.484 e. The molecule has 0 aliphatic carbocycles. The van der Waals surface area contributed by atoms with E-state index in [-0.39, 0.29) is 17.4 Å². The van der Waals surface area contributed by atoms with Gasteiger partial charge in [-0.05, 0) is 36.4 Å². The van der Waals surface area contributed by atoms with Crippen molar-refractivity contribution >= 4 is 21.6 Å². The maximum atomic E-state index is 12.2. The summed E-state index contributed by atoms with van der Waals surface area (Å²) in [6.45, 7) is -0.104. The van der Waals surface area contributed by atoms with E-state index in [0.29, 0.717) is 11.4 Å². The molecule has 0 spiro atoms. The van der Waals surface area contributed by atoms with Crippen LogP contribution in [-0.4, -0.2) is 44.9 Å². The predicted molar refractivity (Wildman–Crippen MR) is 85.7 cm³/mol. The van der Waals surface area contributed by atoms with Crippen LogP contribution in [0.5, 0.6) is 5.75 Å². The quantitative estimate of drug-likeness (QED) is 0.861. The van der Waals surface area contributed by atoms with Crippen molar-refractivity contribution in [3.8, 4) is 5.75 Å². The van der Waals surface area contributed by atoms with Crippen LogP contribution >= 0.6 is 0 Å². The first-order valence-corrected chi connectivity index (χ1v) is 8.23. The number of hydrogen-bond acceptors (Lipinski definition) is 5. The van der Waals surface area contributed by atoms with Gasteiger partial charge in [0.15, 0.2) is 6.61 Å². The Bertz CT molecular complexity index is 759. The summed E-state index contributed by atoms with van der Waals surface area (Å²) in [7, 11) is -0.435. The number of carbonyl (C=O) groups excluding carboxylic acids is 1. The molecule has 2 rings (SSSR count). The average molecular weight is 335 g/mol. The molecule has 0 atom stereocenters. The first kappa shape index (κ1) is 16.8. The second kappa shape index (κ2) is 7.10. The number of benzene rings is 1. The van der Waals surface area contributed by atoms with E-state index in [1.165, 1.54) is 35.4 Å². The molecule has 0 radical (unpaired) electrons. The number of sulfonamides is 1. The number of aromatic nitrogens is 1. The number of anilines is 1. The monoisotopic (exact) mass is 335 g/mol. The summed E-state index contributed by atoms with van der Waals surface area (Å²) in [6, 6.07) is 9.06. The molecule has 0 unspecified atom stereocenters. The standard InChI is InChI=1S/C15H17N3O4S/c1-18(2)15(19)11-22-13-5-7-14(8-6-13)23(20,21)17-12-4-3-9-16-10-12/h3-10,17H,11H2,1-2H3. The van der Waals surface area contributed by atoms with Gasteiger partial charge in [0.2, 0.25) is 0 Å².